The highest BCUT2D eigenvalue weighted by molar-refractivity contribution is 6.31. The number of anilines is 3. The lowest BCUT2D eigenvalue weighted by atomic mass is 10.1. The Morgan fingerprint density at radius 2 is 1.60 bits per heavy atom. The van der Waals surface area contributed by atoms with Gasteiger partial charge in [-0.25, -0.2) is 0 Å². The predicted molar refractivity (Wildman–Crippen MR) is 118 cm³/mol. The molecule has 3 aromatic carbocycles. The third-order valence-corrected chi connectivity index (χ3v) is 5.28. The maximum Gasteiger partial charge on any atom is 0.417 e. The van der Waals surface area contributed by atoms with Gasteiger partial charge >= 0.3 is 17.4 Å². The Labute approximate surface area is 202 Å². The fourth-order valence-corrected chi connectivity index (χ4v) is 3.43. The molecule has 0 amide bonds. The third-order valence-electron chi connectivity index (χ3n) is 4.80. The first-order valence-electron chi connectivity index (χ1n) is 9.56. The lowest BCUT2D eigenvalue weighted by Gasteiger charge is -2.16. The van der Waals surface area contributed by atoms with Crippen molar-refractivity contribution in [1.82, 2.24) is 10.1 Å². The molecule has 0 aliphatic heterocycles. The fraction of sp³-hybridized carbons (Fsp3) is 0.143. The van der Waals surface area contributed by atoms with E-state index in [0.29, 0.717) is 11.1 Å². The maximum atomic E-state index is 13.0. The lowest BCUT2D eigenvalue weighted by molar-refractivity contribution is -0.137. The van der Waals surface area contributed by atoms with Crippen molar-refractivity contribution in [3.8, 4) is 11.4 Å². The van der Waals surface area contributed by atoms with Crippen molar-refractivity contribution in [3.63, 3.8) is 0 Å². The predicted octanol–water partition coefficient (Wildman–Crippen LogP) is 5.65. The number of nitrogens with one attached hydrogen (secondary N) is 2. The lowest BCUT2D eigenvalue weighted by Crippen LogP contribution is -2.36. The van der Waals surface area contributed by atoms with Gasteiger partial charge < -0.3 is 15.2 Å². The van der Waals surface area contributed by atoms with E-state index in [4.69, 9.17) is 23.2 Å². The number of halogens is 7. The molecule has 0 unspecified atom stereocenters. The van der Waals surface area contributed by atoms with Gasteiger partial charge in [0.05, 0.1) is 10.6 Å². The average Bonchev–Trinajstić information content (AvgIpc) is 3.29. The molecule has 35 heavy (non-hydrogen) atoms. The van der Waals surface area contributed by atoms with Gasteiger partial charge in [0, 0.05) is 17.8 Å². The Kier molecular flexibility index (Phi) is 6.28. The highest BCUT2D eigenvalue weighted by Crippen LogP contribution is 2.36. The van der Waals surface area contributed by atoms with E-state index in [1.165, 1.54) is 12.1 Å². The Balaban J connectivity index is 1.45. The van der Waals surface area contributed by atoms with Crippen LogP contribution in [0, 0.1) is 0 Å². The second-order valence-electron chi connectivity index (χ2n) is 7.20. The van der Waals surface area contributed by atoms with Gasteiger partial charge in [-0.05, 0) is 35.4 Å². The number of benzene rings is 2. The quantitative estimate of drug-likeness (QED) is 0.180. The van der Waals surface area contributed by atoms with Crippen molar-refractivity contribution in [2.45, 2.75) is 18.1 Å². The second kappa shape index (κ2) is 8.93. The summed E-state index contributed by atoms with van der Waals surface area (Å²) < 4.78 is 69.0. The maximum absolute atomic E-state index is 13.0. The Hall–Kier alpha value is -3.51. The SMILES string of the molecule is O=c1c(NCc2ccc(-c3noc(C(F)(F)Cl)n3)cc2)c(Nc2ccc(C(F)(F)F)c(Cl)c2)c1=O. The van der Waals surface area contributed by atoms with E-state index in [9.17, 15) is 31.5 Å². The summed E-state index contributed by atoms with van der Waals surface area (Å²) in [7, 11) is 0. The minimum atomic E-state index is -4.64. The van der Waals surface area contributed by atoms with E-state index >= 15 is 0 Å². The molecule has 0 spiro atoms. The minimum Gasteiger partial charge on any atom is -0.376 e. The second-order valence-corrected chi connectivity index (χ2v) is 8.08. The number of hydrogen-bond donors (Lipinski definition) is 2. The summed E-state index contributed by atoms with van der Waals surface area (Å²) in [5, 5.41) is 4.46. The van der Waals surface area contributed by atoms with E-state index < -0.39 is 38.9 Å². The van der Waals surface area contributed by atoms with Crippen molar-refractivity contribution in [2.75, 3.05) is 10.6 Å². The van der Waals surface area contributed by atoms with Crippen LogP contribution < -0.4 is 21.5 Å². The van der Waals surface area contributed by atoms with E-state index in [2.05, 4.69) is 25.3 Å². The van der Waals surface area contributed by atoms with E-state index in [1.807, 2.05) is 0 Å². The molecule has 2 N–H and O–H groups in total. The molecule has 4 rings (SSSR count). The molecule has 0 atom stereocenters. The van der Waals surface area contributed by atoms with Crippen molar-refractivity contribution in [1.29, 1.82) is 0 Å². The topological polar surface area (TPSA) is 97.1 Å². The largest absolute Gasteiger partial charge is 0.417 e. The van der Waals surface area contributed by atoms with E-state index in [-0.39, 0.29) is 29.4 Å². The summed E-state index contributed by atoms with van der Waals surface area (Å²) in [6.07, 6.45) is -4.64. The molecule has 0 aliphatic carbocycles. The van der Waals surface area contributed by atoms with Crippen LogP contribution >= 0.6 is 23.2 Å². The van der Waals surface area contributed by atoms with Crippen LogP contribution in [0.3, 0.4) is 0 Å². The van der Waals surface area contributed by atoms with Crippen molar-refractivity contribution < 1.29 is 26.5 Å². The molecule has 0 bridgehead atoms. The van der Waals surface area contributed by atoms with Crippen molar-refractivity contribution in [3.05, 3.63) is 85.0 Å². The standard InChI is InChI=1S/C21H11Cl2F5N4O3/c22-13-7-11(5-6-12(13)21(26,27)28)30-15-14(16(33)17(15)34)29-8-9-1-3-10(4-2-9)18-31-19(35-32-18)20(23,24)25/h1-7,29-30H,8H2. The van der Waals surface area contributed by atoms with E-state index in [1.54, 1.807) is 12.1 Å². The molecular formula is C21H11Cl2F5N4O3. The van der Waals surface area contributed by atoms with Crippen LogP contribution in [-0.4, -0.2) is 10.1 Å². The van der Waals surface area contributed by atoms with Gasteiger partial charge in [0.2, 0.25) is 5.82 Å². The van der Waals surface area contributed by atoms with Crippen LogP contribution in [0.15, 0.2) is 56.6 Å². The number of hydrogen-bond acceptors (Lipinski definition) is 7. The highest BCUT2D eigenvalue weighted by atomic mass is 35.5. The first-order chi connectivity index (χ1) is 16.3. The summed E-state index contributed by atoms with van der Waals surface area (Å²) >= 11 is 10.5. The van der Waals surface area contributed by atoms with Gasteiger partial charge in [-0.2, -0.15) is 26.9 Å². The fourth-order valence-electron chi connectivity index (χ4n) is 3.06. The molecule has 0 radical (unpaired) electrons. The molecule has 0 aliphatic rings. The van der Waals surface area contributed by atoms with Gasteiger partial charge in [-0.15, -0.1) is 0 Å². The monoisotopic (exact) mass is 532 g/mol. The van der Waals surface area contributed by atoms with Crippen LogP contribution in [0.4, 0.5) is 39.0 Å². The minimum absolute atomic E-state index is 0.0535. The zero-order chi connectivity index (χ0) is 25.5. The molecule has 0 fully saturated rings. The Morgan fingerprint density at radius 1 is 0.943 bits per heavy atom. The number of alkyl halides is 6. The van der Waals surface area contributed by atoms with Gasteiger partial charge in [-0.3, -0.25) is 9.59 Å². The zero-order valence-electron chi connectivity index (χ0n) is 17.0. The highest BCUT2D eigenvalue weighted by Gasteiger charge is 2.36. The number of rotatable bonds is 7. The molecule has 1 aromatic heterocycles. The molecule has 182 valence electrons. The molecule has 0 saturated carbocycles. The summed E-state index contributed by atoms with van der Waals surface area (Å²) in [4.78, 5) is 27.5. The number of nitrogens with zero attached hydrogens (tertiary/aromatic N) is 2. The van der Waals surface area contributed by atoms with Crippen molar-refractivity contribution >= 4 is 40.3 Å². The summed E-state index contributed by atoms with van der Waals surface area (Å²) in [6.45, 7) is 0.0881. The van der Waals surface area contributed by atoms with Gasteiger partial charge in [-0.1, -0.05) is 41.0 Å². The zero-order valence-corrected chi connectivity index (χ0v) is 18.5. The van der Waals surface area contributed by atoms with Gasteiger partial charge in [0.15, 0.2) is 0 Å². The normalized spacial score (nSPS) is 12.2. The average molecular weight is 533 g/mol. The third kappa shape index (κ3) is 5.13. The smallest absolute Gasteiger partial charge is 0.376 e. The van der Waals surface area contributed by atoms with Crippen LogP contribution in [0.2, 0.25) is 5.02 Å². The first kappa shape index (κ1) is 24.6. The van der Waals surface area contributed by atoms with E-state index in [0.717, 1.165) is 18.2 Å². The number of aromatic nitrogens is 2. The van der Waals surface area contributed by atoms with Crippen molar-refractivity contribution in [2.24, 2.45) is 0 Å². The summed E-state index contributed by atoms with van der Waals surface area (Å²) in [6, 6.07) is 9.04. The summed E-state index contributed by atoms with van der Waals surface area (Å²) in [5.41, 5.74) is -1.77. The molecule has 14 heteroatoms. The van der Waals surface area contributed by atoms with Gasteiger partial charge in [0.1, 0.15) is 11.4 Å². The summed E-state index contributed by atoms with van der Waals surface area (Å²) in [5.74, 6) is -1.15. The molecule has 0 saturated heterocycles. The van der Waals surface area contributed by atoms with Crippen LogP contribution in [0.25, 0.3) is 11.4 Å². The molecular weight excluding hydrogens is 522 g/mol. The van der Waals surface area contributed by atoms with Crippen LogP contribution in [0.1, 0.15) is 17.0 Å². The molecule has 1 heterocycles. The van der Waals surface area contributed by atoms with Gasteiger partial charge in [0.25, 0.3) is 10.9 Å². The van der Waals surface area contributed by atoms with Crippen LogP contribution in [0.5, 0.6) is 0 Å². The molecule has 7 nitrogen and oxygen atoms in total. The Morgan fingerprint density at radius 3 is 2.17 bits per heavy atom. The Bertz CT molecular complexity index is 1460. The first-order valence-corrected chi connectivity index (χ1v) is 10.3. The van der Waals surface area contributed by atoms with Crippen LogP contribution in [-0.2, 0) is 18.1 Å². The molecule has 4 aromatic rings.